The second kappa shape index (κ2) is 3.79. The van der Waals surface area contributed by atoms with E-state index in [2.05, 4.69) is 0 Å². The molecule has 0 aliphatic rings. The maximum Gasteiger partial charge on any atom is 0.264 e. The van der Waals surface area contributed by atoms with Crippen LogP contribution in [0, 0.1) is 0 Å². The van der Waals surface area contributed by atoms with E-state index in [1.807, 2.05) is 0 Å². The molecule has 40 valence electrons. The van der Waals surface area contributed by atoms with Crippen LogP contribution in [0.5, 0.6) is 0 Å². The molecular weight excluding hydrogens is 216 g/mol. The fourth-order valence-electron chi connectivity index (χ4n) is 0. The van der Waals surface area contributed by atoms with Crippen molar-refractivity contribution in [1.82, 2.24) is 0 Å². The first-order valence-corrected chi connectivity index (χ1v) is 3.12. The van der Waals surface area contributed by atoms with Crippen molar-refractivity contribution in [3.05, 3.63) is 0 Å². The van der Waals surface area contributed by atoms with E-state index in [1.54, 1.807) is 0 Å². The van der Waals surface area contributed by atoms with Gasteiger partial charge in [-0.25, -0.2) is 0 Å². The molecule has 0 amide bonds. The van der Waals surface area contributed by atoms with Gasteiger partial charge < -0.3 is 0 Å². The number of hydrogen-bond acceptors (Lipinski definition) is 2. The monoisotopic (exact) mass is 224 g/mol. The minimum absolute atomic E-state index is 0. The third-order valence-corrected chi connectivity index (χ3v) is 1.09. The molecule has 0 unspecified atom stereocenters. The van der Waals surface area contributed by atoms with Gasteiger partial charge >= 0.3 is 0 Å². The molecule has 0 bridgehead atoms. The molecule has 0 aliphatic carbocycles. The molecule has 0 aromatic carbocycles. The summed E-state index contributed by atoms with van der Waals surface area (Å²) in [7, 11) is -3.66. The van der Waals surface area contributed by atoms with Crippen LogP contribution in [0.25, 0.3) is 0 Å². The van der Waals surface area contributed by atoms with Crippen molar-refractivity contribution in [2.24, 2.45) is 0 Å². The van der Waals surface area contributed by atoms with E-state index in [1.165, 1.54) is 6.92 Å². The summed E-state index contributed by atoms with van der Waals surface area (Å²) in [4.78, 5) is 0. The third-order valence-electron chi connectivity index (χ3n) is 0.365. The molecule has 0 saturated heterocycles. The molecule has 7 heavy (non-hydrogen) atoms. The Hall–Kier alpha value is 0.832. The van der Waals surface area contributed by atoms with Crippen LogP contribution in [0.3, 0.4) is 0 Å². The van der Waals surface area contributed by atoms with Gasteiger partial charge in [0.1, 0.15) is 0 Å². The van der Waals surface area contributed by atoms with E-state index >= 15 is 0 Å². The van der Waals surface area contributed by atoms with Crippen molar-refractivity contribution < 1.29 is 40.3 Å². The molecule has 0 spiro atoms. The van der Waals surface area contributed by atoms with Gasteiger partial charge in [0.15, 0.2) is 0 Å². The van der Waals surface area contributed by atoms with E-state index in [0.717, 1.165) is 0 Å². The summed E-state index contributed by atoms with van der Waals surface area (Å²) in [5, 5.41) is 0. The Morgan fingerprint density at radius 2 is 1.71 bits per heavy atom. The first kappa shape index (κ1) is 10.7. The zero-order chi connectivity index (χ0) is 5.21. The number of hydrogen-bond donors (Lipinski definition) is 1. The van der Waals surface area contributed by atoms with Crippen molar-refractivity contribution >= 4 is 10.1 Å². The molecule has 0 fully saturated rings. The molecule has 0 aliphatic heterocycles. The van der Waals surface area contributed by atoms with Gasteiger partial charge in [-0.3, -0.25) is 4.55 Å². The van der Waals surface area contributed by atoms with Gasteiger partial charge in [-0.2, -0.15) is 8.42 Å². The van der Waals surface area contributed by atoms with Gasteiger partial charge in [0.25, 0.3) is 10.1 Å². The van der Waals surface area contributed by atoms with E-state index in [0.29, 0.717) is 0 Å². The first-order chi connectivity index (χ1) is 2.56. The molecule has 0 heterocycles. The molecule has 0 atom stereocenters. The van der Waals surface area contributed by atoms with Gasteiger partial charge in [0, 0.05) is 27.3 Å². The molecule has 5 heteroatoms. The third kappa shape index (κ3) is 10.9. The second-order valence-corrected chi connectivity index (χ2v) is 2.61. The molecule has 0 aromatic heterocycles. The molecule has 0 radical (unpaired) electrons. The van der Waals surface area contributed by atoms with E-state index in [9.17, 15) is 8.42 Å². The minimum Gasteiger partial charge on any atom is -0.286 e. The maximum atomic E-state index is 9.56. The average molecular weight is 223 g/mol. The van der Waals surface area contributed by atoms with E-state index < -0.39 is 10.1 Å². The van der Waals surface area contributed by atoms with Gasteiger partial charge in [-0.1, -0.05) is 0 Å². The summed E-state index contributed by atoms with van der Waals surface area (Å²) in [5.74, 6) is -0.201. The smallest absolute Gasteiger partial charge is 0.264 e. The van der Waals surface area contributed by atoms with Crippen LogP contribution in [0.15, 0.2) is 0 Å². The van der Waals surface area contributed by atoms with Crippen molar-refractivity contribution in [1.29, 1.82) is 0 Å². The molecular formula is C2H6CdO3S. The Bertz CT molecular complexity index is 115. The Morgan fingerprint density at radius 1 is 1.57 bits per heavy atom. The summed E-state index contributed by atoms with van der Waals surface area (Å²) >= 11 is 0. The number of rotatable bonds is 1. The molecule has 1 N–H and O–H groups in total. The average Bonchev–Trinajstić information content (AvgIpc) is 1.35. The zero-order valence-electron chi connectivity index (χ0n) is 4.09. The predicted octanol–water partition coefficient (Wildman–Crippen LogP) is -0.108. The molecule has 0 saturated carbocycles. The predicted molar refractivity (Wildman–Crippen MR) is 22.1 cm³/mol. The van der Waals surface area contributed by atoms with Crippen molar-refractivity contribution in [3.8, 4) is 0 Å². The summed E-state index contributed by atoms with van der Waals surface area (Å²) in [6.07, 6.45) is 0. The Kier molecular flexibility index (Phi) is 5.82. The summed E-state index contributed by atoms with van der Waals surface area (Å²) in [5.41, 5.74) is 0. The van der Waals surface area contributed by atoms with Gasteiger partial charge in [-0.15, -0.1) is 0 Å². The van der Waals surface area contributed by atoms with Crippen molar-refractivity contribution in [2.45, 2.75) is 6.92 Å². The van der Waals surface area contributed by atoms with Crippen LogP contribution in [0.1, 0.15) is 6.92 Å². The Balaban J connectivity index is 0. The van der Waals surface area contributed by atoms with Crippen LogP contribution in [0.4, 0.5) is 0 Å². The van der Waals surface area contributed by atoms with Crippen LogP contribution in [-0.2, 0) is 37.4 Å². The summed E-state index contributed by atoms with van der Waals surface area (Å²) in [6.45, 7) is 1.37. The maximum absolute atomic E-state index is 9.56. The van der Waals surface area contributed by atoms with Gasteiger partial charge in [0.05, 0.1) is 5.75 Å². The van der Waals surface area contributed by atoms with Crippen LogP contribution >= 0.6 is 0 Å². The van der Waals surface area contributed by atoms with E-state index in [4.69, 9.17) is 4.55 Å². The summed E-state index contributed by atoms with van der Waals surface area (Å²) in [6, 6.07) is 0. The molecule has 0 aromatic rings. The fourth-order valence-corrected chi connectivity index (χ4v) is 0. The van der Waals surface area contributed by atoms with E-state index in [-0.39, 0.29) is 33.1 Å². The van der Waals surface area contributed by atoms with Crippen LogP contribution in [-0.4, -0.2) is 18.7 Å². The van der Waals surface area contributed by atoms with Gasteiger partial charge in [0.2, 0.25) is 0 Å². The topological polar surface area (TPSA) is 54.4 Å². The standard InChI is InChI=1S/C2H6O3S.Cd/c1-2-6(3,4)5;/h2H2,1H3,(H,3,4,5);. The fraction of sp³-hybridized carbons (Fsp3) is 1.00. The van der Waals surface area contributed by atoms with Crippen LogP contribution < -0.4 is 0 Å². The van der Waals surface area contributed by atoms with Crippen LogP contribution in [0.2, 0.25) is 0 Å². The zero-order valence-corrected chi connectivity index (χ0v) is 8.94. The molecule has 3 nitrogen and oxygen atoms in total. The largest absolute Gasteiger partial charge is 0.286 e. The minimum atomic E-state index is -3.66. The van der Waals surface area contributed by atoms with Gasteiger partial charge in [-0.05, 0) is 6.92 Å². The molecule has 0 rings (SSSR count). The second-order valence-electron chi connectivity index (χ2n) is 0.871. The van der Waals surface area contributed by atoms with Crippen molar-refractivity contribution in [2.75, 3.05) is 5.75 Å². The summed E-state index contributed by atoms with van der Waals surface area (Å²) < 4.78 is 26.9. The SMILES string of the molecule is CCS(=O)(=O)O.[Cd]. The first-order valence-electron chi connectivity index (χ1n) is 1.51. The van der Waals surface area contributed by atoms with Crippen molar-refractivity contribution in [3.63, 3.8) is 0 Å². The quantitative estimate of drug-likeness (QED) is 0.498. The Labute approximate surface area is 63.0 Å². The Morgan fingerprint density at radius 3 is 1.71 bits per heavy atom. The normalized spacial score (nSPS) is 10.0.